The standard InChI is InChI=1S/C11H8FN3O4/c12-9-5-13-11(17)14(10(9)16)6-7-2-1-3-8(4-7)15(18)19/h1-5H,6H2,(H,13,17). The molecule has 1 heterocycles. The molecule has 0 aliphatic rings. The third-order valence-corrected chi connectivity index (χ3v) is 2.48. The van der Waals surface area contributed by atoms with E-state index in [9.17, 15) is 24.1 Å². The van der Waals surface area contributed by atoms with Crippen LogP contribution in [0.15, 0.2) is 40.1 Å². The number of aromatic nitrogens is 2. The van der Waals surface area contributed by atoms with Gasteiger partial charge in [-0.25, -0.2) is 4.79 Å². The molecular formula is C11H8FN3O4. The Bertz CT molecular complexity index is 750. The Hall–Kier alpha value is -2.77. The quantitative estimate of drug-likeness (QED) is 0.650. The molecule has 7 nitrogen and oxygen atoms in total. The number of hydrogen-bond donors (Lipinski definition) is 1. The summed E-state index contributed by atoms with van der Waals surface area (Å²) in [5, 5.41) is 10.6. The van der Waals surface area contributed by atoms with Gasteiger partial charge in [-0.2, -0.15) is 4.39 Å². The minimum Gasteiger partial charge on any atom is -0.311 e. The molecule has 0 atom stereocenters. The van der Waals surface area contributed by atoms with Crippen molar-refractivity contribution in [1.29, 1.82) is 0 Å². The summed E-state index contributed by atoms with van der Waals surface area (Å²) < 4.78 is 13.7. The van der Waals surface area contributed by atoms with Gasteiger partial charge >= 0.3 is 5.69 Å². The van der Waals surface area contributed by atoms with Gasteiger partial charge in [-0.05, 0) is 5.56 Å². The molecule has 0 aliphatic carbocycles. The van der Waals surface area contributed by atoms with Gasteiger partial charge < -0.3 is 4.98 Å². The highest BCUT2D eigenvalue weighted by atomic mass is 19.1. The number of halogens is 1. The molecule has 2 rings (SSSR count). The van der Waals surface area contributed by atoms with E-state index in [1.165, 1.54) is 24.3 Å². The third kappa shape index (κ3) is 2.57. The van der Waals surface area contributed by atoms with Crippen molar-refractivity contribution in [3.63, 3.8) is 0 Å². The fourth-order valence-corrected chi connectivity index (χ4v) is 1.58. The molecule has 0 spiro atoms. The van der Waals surface area contributed by atoms with Crippen LogP contribution in [0.2, 0.25) is 0 Å². The summed E-state index contributed by atoms with van der Waals surface area (Å²) in [5.41, 5.74) is -1.67. The van der Waals surface area contributed by atoms with Gasteiger partial charge in [0.2, 0.25) is 5.82 Å². The van der Waals surface area contributed by atoms with E-state index in [4.69, 9.17) is 0 Å². The Balaban J connectivity index is 2.45. The number of benzene rings is 1. The Kier molecular flexibility index (Phi) is 3.23. The number of nitrogens with one attached hydrogen (secondary N) is 1. The zero-order chi connectivity index (χ0) is 14.0. The second kappa shape index (κ2) is 4.84. The molecule has 0 amide bonds. The number of nitrogens with zero attached hydrogens (tertiary/aromatic N) is 2. The first-order chi connectivity index (χ1) is 8.99. The number of non-ortho nitro benzene ring substituents is 1. The van der Waals surface area contributed by atoms with Crippen molar-refractivity contribution in [2.75, 3.05) is 0 Å². The van der Waals surface area contributed by atoms with Crippen LogP contribution in [0.3, 0.4) is 0 Å². The summed E-state index contributed by atoms with van der Waals surface area (Å²) in [6.07, 6.45) is 0.675. The number of aromatic amines is 1. The molecule has 19 heavy (non-hydrogen) atoms. The normalized spacial score (nSPS) is 10.4. The van der Waals surface area contributed by atoms with Gasteiger partial charge in [0.25, 0.3) is 11.2 Å². The summed E-state index contributed by atoms with van der Waals surface area (Å²) in [6, 6.07) is 5.43. The summed E-state index contributed by atoms with van der Waals surface area (Å²) in [7, 11) is 0. The van der Waals surface area contributed by atoms with Gasteiger partial charge in [0.05, 0.1) is 11.5 Å². The summed E-state index contributed by atoms with van der Waals surface area (Å²) in [6.45, 7) is -0.242. The van der Waals surface area contributed by atoms with Gasteiger partial charge in [0.15, 0.2) is 0 Å². The molecule has 0 aliphatic heterocycles. The Labute approximate surface area is 105 Å². The average molecular weight is 265 g/mol. The summed E-state index contributed by atoms with van der Waals surface area (Å²) in [5.74, 6) is -1.09. The van der Waals surface area contributed by atoms with E-state index < -0.39 is 22.0 Å². The molecule has 98 valence electrons. The van der Waals surface area contributed by atoms with Crippen molar-refractivity contribution in [2.45, 2.75) is 6.54 Å². The highest BCUT2D eigenvalue weighted by molar-refractivity contribution is 5.34. The van der Waals surface area contributed by atoms with E-state index in [-0.39, 0.29) is 12.2 Å². The maximum Gasteiger partial charge on any atom is 0.328 e. The lowest BCUT2D eigenvalue weighted by Crippen LogP contribution is -2.36. The van der Waals surface area contributed by atoms with Crippen LogP contribution in [0.4, 0.5) is 10.1 Å². The van der Waals surface area contributed by atoms with E-state index in [0.717, 1.165) is 0 Å². The van der Waals surface area contributed by atoms with E-state index in [1.54, 1.807) is 0 Å². The zero-order valence-electron chi connectivity index (χ0n) is 9.50. The molecule has 0 radical (unpaired) electrons. The molecule has 1 N–H and O–H groups in total. The van der Waals surface area contributed by atoms with E-state index in [2.05, 4.69) is 4.98 Å². The smallest absolute Gasteiger partial charge is 0.311 e. The van der Waals surface area contributed by atoms with Crippen LogP contribution in [0.25, 0.3) is 0 Å². The number of hydrogen-bond acceptors (Lipinski definition) is 4. The molecule has 1 aromatic heterocycles. The van der Waals surface area contributed by atoms with Gasteiger partial charge in [-0.1, -0.05) is 12.1 Å². The van der Waals surface area contributed by atoms with Crippen LogP contribution < -0.4 is 11.2 Å². The van der Waals surface area contributed by atoms with Crippen LogP contribution in [-0.2, 0) is 6.54 Å². The van der Waals surface area contributed by atoms with Gasteiger partial charge in [-0.15, -0.1) is 0 Å². The first-order valence-corrected chi connectivity index (χ1v) is 5.20. The van der Waals surface area contributed by atoms with Crippen LogP contribution in [0.1, 0.15) is 5.56 Å². The first-order valence-electron chi connectivity index (χ1n) is 5.20. The zero-order valence-corrected chi connectivity index (χ0v) is 9.50. The monoisotopic (exact) mass is 265 g/mol. The Morgan fingerprint density at radius 2 is 2.11 bits per heavy atom. The van der Waals surface area contributed by atoms with Crippen molar-refractivity contribution in [1.82, 2.24) is 9.55 Å². The van der Waals surface area contributed by atoms with Crippen LogP contribution >= 0.6 is 0 Å². The predicted octanol–water partition coefficient (Wildman–Crippen LogP) is 0.632. The highest BCUT2D eigenvalue weighted by Crippen LogP contribution is 2.13. The molecule has 1 aromatic carbocycles. The maximum atomic E-state index is 13.1. The fraction of sp³-hybridized carbons (Fsp3) is 0.0909. The van der Waals surface area contributed by atoms with E-state index in [1.807, 2.05) is 0 Å². The summed E-state index contributed by atoms with van der Waals surface area (Å²) >= 11 is 0. The lowest BCUT2D eigenvalue weighted by atomic mass is 10.2. The van der Waals surface area contributed by atoms with Crippen molar-refractivity contribution < 1.29 is 9.31 Å². The molecule has 0 fully saturated rings. The average Bonchev–Trinajstić information content (AvgIpc) is 2.39. The van der Waals surface area contributed by atoms with E-state index in [0.29, 0.717) is 16.3 Å². The Morgan fingerprint density at radius 1 is 1.37 bits per heavy atom. The number of nitro benzene ring substituents is 1. The second-order valence-corrected chi connectivity index (χ2v) is 3.76. The molecule has 0 saturated carbocycles. The minimum atomic E-state index is -1.09. The molecule has 8 heteroatoms. The molecule has 0 unspecified atom stereocenters. The largest absolute Gasteiger partial charge is 0.328 e. The molecule has 0 saturated heterocycles. The predicted molar refractivity (Wildman–Crippen MR) is 63.5 cm³/mol. The van der Waals surface area contributed by atoms with Crippen LogP contribution in [-0.4, -0.2) is 14.5 Å². The van der Waals surface area contributed by atoms with Gasteiger partial charge in [-0.3, -0.25) is 19.5 Å². The van der Waals surface area contributed by atoms with Gasteiger partial charge in [0, 0.05) is 18.3 Å². The lowest BCUT2D eigenvalue weighted by molar-refractivity contribution is -0.384. The van der Waals surface area contributed by atoms with Crippen LogP contribution in [0.5, 0.6) is 0 Å². The highest BCUT2D eigenvalue weighted by Gasteiger charge is 2.10. The van der Waals surface area contributed by atoms with E-state index >= 15 is 0 Å². The van der Waals surface area contributed by atoms with Crippen LogP contribution in [0, 0.1) is 15.9 Å². The lowest BCUT2D eigenvalue weighted by Gasteiger charge is -2.04. The first kappa shape index (κ1) is 12.7. The number of H-pyrrole nitrogens is 1. The van der Waals surface area contributed by atoms with Crippen molar-refractivity contribution in [3.8, 4) is 0 Å². The Morgan fingerprint density at radius 3 is 2.79 bits per heavy atom. The topological polar surface area (TPSA) is 98.0 Å². The number of nitro groups is 1. The molecule has 0 bridgehead atoms. The van der Waals surface area contributed by atoms with Crippen molar-refractivity contribution >= 4 is 5.69 Å². The van der Waals surface area contributed by atoms with Gasteiger partial charge in [0.1, 0.15) is 0 Å². The minimum absolute atomic E-state index is 0.168. The second-order valence-electron chi connectivity index (χ2n) is 3.76. The van der Waals surface area contributed by atoms with Crippen molar-refractivity contribution in [2.24, 2.45) is 0 Å². The third-order valence-electron chi connectivity index (χ3n) is 2.48. The fourth-order valence-electron chi connectivity index (χ4n) is 1.58. The number of rotatable bonds is 3. The molecule has 2 aromatic rings. The summed E-state index contributed by atoms with van der Waals surface area (Å²) in [4.78, 5) is 34.9. The molecular weight excluding hydrogens is 257 g/mol. The van der Waals surface area contributed by atoms with Crippen molar-refractivity contribution in [3.05, 3.63) is 72.8 Å². The SMILES string of the molecule is O=c1[nH]cc(F)c(=O)n1Cc1cccc([N+](=O)[O-])c1. The maximum absolute atomic E-state index is 13.1.